The van der Waals surface area contributed by atoms with E-state index in [9.17, 15) is 4.79 Å². The zero-order valence-corrected chi connectivity index (χ0v) is 6.05. The number of hydrogen-bond acceptors (Lipinski definition) is 1. The summed E-state index contributed by atoms with van der Waals surface area (Å²) >= 11 is 0. The molecule has 0 saturated heterocycles. The van der Waals surface area contributed by atoms with Gasteiger partial charge in [0.2, 0.25) is 0 Å². The van der Waals surface area contributed by atoms with Crippen LogP contribution in [0.15, 0.2) is 24.3 Å². The van der Waals surface area contributed by atoms with E-state index < -0.39 is 0 Å². The van der Waals surface area contributed by atoms with E-state index in [0.29, 0.717) is 0 Å². The first-order chi connectivity index (χ1) is 4.89. The first-order valence-electron chi connectivity index (χ1n) is 3.75. The second-order valence-corrected chi connectivity index (χ2v) is 2.50. The van der Waals surface area contributed by atoms with Crippen molar-refractivity contribution in [2.24, 2.45) is 0 Å². The molecule has 10 heavy (non-hydrogen) atoms. The Hall–Kier alpha value is -0.850. The van der Waals surface area contributed by atoms with Gasteiger partial charge in [-0.2, -0.15) is 0 Å². The Kier molecular flexibility index (Phi) is 2.94. The lowest BCUT2D eigenvalue weighted by Gasteiger charge is -1.91. The lowest BCUT2D eigenvalue weighted by molar-refractivity contribution is -0.114. The zero-order valence-electron chi connectivity index (χ0n) is 6.05. The third-order valence-electron chi connectivity index (χ3n) is 1.57. The van der Waals surface area contributed by atoms with Gasteiger partial charge in [0.25, 0.3) is 0 Å². The van der Waals surface area contributed by atoms with Crippen LogP contribution in [0.25, 0.3) is 0 Å². The number of carbonyl (C=O) groups is 1. The molecule has 1 aliphatic carbocycles. The molecule has 0 radical (unpaired) electrons. The molecule has 0 amide bonds. The van der Waals surface area contributed by atoms with Gasteiger partial charge < -0.3 is 0 Å². The number of ketones is 1. The molecule has 0 aromatic rings. The summed E-state index contributed by atoms with van der Waals surface area (Å²) < 4.78 is 0. The lowest BCUT2D eigenvalue weighted by atomic mass is 10.1. The molecule has 1 aliphatic rings. The van der Waals surface area contributed by atoms with E-state index in [-0.39, 0.29) is 5.78 Å². The molecule has 1 rings (SSSR count). The van der Waals surface area contributed by atoms with Crippen LogP contribution >= 0.6 is 0 Å². The molecular formula is C9H12O. The van der Waals surface area contributed by atoms with Gasteiger partial charge in [-0.1, -0.05) is 18.2 Å². The molecule has 0 aliphatic heterocycles. The molecule has 54 valence electrons. The summed E-state index contributed by atoms with van der Waals surface area (Å²) in [4.78, 5) is 10.9. The monoisotopic (exact) mass is 136 g/mol. The van der Waals surface area contributed by atoms with E-state index in [1.54, 1.807) is 6.08 Å². The van der Waals surface area contributed by atoms with Gasteiger partial charge in [0.15, 0.2) is 5.78 Å². The van der Waals surface area contributed by atoms with E-state index in [4.69, 9.17) is 0 Å². The van der Waals surface area contributed by atoms with Crippen LogP contribution in [0.4, 0.5) is 0 Å². The van der Waals surface area contributed by atoms with Crippen LogP contribution in [0.2, 0.25) is 0 Å². The van der Waals surface area contributed by atoms with E-state index in [2.05, 4.69) is 6.08 Å². The fourth-order valence-corrected chi connectivity index (χ4v) is 0.982. The lowest BCUT2D eigenvalue weighted by Crippen LogP contribution is -1.90. The minimum atomic E-state index is 0.256. The van der Waals surface area contributed by atoms with Crippen LogP contribution < -0.4 is 0 Å². The highest BCUT2D eigenvalue weighted by Crippen LogP contribution is 2.04. The highest BCUT2D eigenvalue weighted by atomic mass is 16.1. The van der Waals surface area contributed by atoms with E-state index >= 15 is 0 Å². The summed E-state index contributed by atoms with van der Waals surface area (Å²) in [6, 6.07) is 0. The summed E-state index contributed by atoms with van der Waals surface area (Å²) in [5.41, 5.74) is 0. The van der Waals surface area contributed by atoms with Crippen molar-refractivity contribution in [3.05, 3.63) is 24.3 Å². The molecule has 0 fully saturated rings. The van der Waals surface area contributed by atoms with Gasteiger partial charge in [-0.3, -0.25) is 4.79 Å². The quantitative estimate of drug-likeness (QED) is 0.499. The second-order valence-electron chi connectivity index (χ2n) is 2.50. The zero-order chi connectivity index (χ0) is 7.23. The standard InChI is InChI=1S/C9H12O/c10-9-7-5-3-1-2-4-6-8-9/h1,3,5,7H,2,4,6,8H2/b3-1-,7-5+. The van der Waals surface area contributed by atoms with Gasteiger partial charge in [-0.15, -0.1) is 0 Å². The Balaban J connectivity index is 2.48. The number of hydrogen-bond donors (Lipinski definition) is 0. The Morgan fingerprint density at radius 1 is 1.20 bits per heavy atom. The number of allylic oxidation sites excluding steroid dienone is 4. The van der Waals surface area contributed by atoms with Crippen molar-refractivity contribution in [2.75, 3.05) is 0 Å². The maximum atomic E-state index is 10.9. The van der Waals surface area contributed by atoms with Crippen LogP contribution in [0.3, 0.4) is 0 Å². The Morgan fingerprint density at radius 3 is 3.00 bits per heavy atom. The van der Waals surface area contributed by atoms with E-state index in [0.717, 1.165) is 25.7 Å². The largest absolute Gasteiger partial charge is 0.295 e. The van der Waals surface area contributed by atoms with Crippen LogP contribution in [-0.4, -0.2) is 5.78 Å². The Labute approximate surface area is 61.4 Å². The van der Waals surface area contributed by atoms with Crippen molar-refractivity contribution in [3.8, 4) is 0 Å². The summed E-state index contributed by atoms with van der Waals surface area (Å²) in [7, 11) is 0. The topological polar surface area (TPSA) is 17.1 Å². The predicted molar refractivity (Wildman–Crippen MR) is 41.8 cm³/mol. The molecule has 0 atom stereocenters. The van der Waals surface area contributed by atoms with Crippen LogP contribution in [0.5, 0.6) is 0 Å². The van der Waals surface area contributed by atoms with Gasteiger partial charge in [-0.25, -0.2) is 0 Å². The minimum absolute atomic E-state index is 0.256. The van der Waals surface area contributed by atoms with Crippen LogP contribution in [-0.2, 0) is 4.79 Å². The molecule has 0 N–H and O–H groups in total. The molecule has 0 aromatic heterocycles. The summed E-state index contributed by atoms with van der Waals surface area (Å²) in [5, 5.41) is 0. The van der Waals surface area contributed by atoms with Crippen molar-refractivity contribution in [1.82, 2.24) is 0 Å². The van der Waals surface area contributed by atoms with Crippen molar-refractivity contribution < 1.29 is 4.79 Å². The molecule has 0 spiro atoms. The van der Waals surface area contributed by atoms with E-state index in [1.807, 2.05) is 12.2 Å². The van der Waals surface area contributed by atoms with Gasteiger partial charge >= 0.3 is 0 Å². The molecule has 0 bridgehead atoms. The first-order valence-corrected chi connectivity index (χ1v) is 3.75. The molecule has 0 aromatic carbocycles. The SMILES string of the molecule is O=C1/C=C/C=C\CCCC1. The maximum Gasteiger partial charge on any atom is 0.155 e. The summed E-state index contributed by atoms with van der Waals surface area (Å²) in [5.74, 6) is 0.256. The smallest absolute Gasteiger partial charge is 0.155 e. The highest BCUT2D eigenvalue weighted by molar-refractivity contribution is 5.89. The summed E-state index contributed by atoms with van der Waals surface area (Å²) in [6.45, 7) is 0. The predicted octanol–water partition coefficient (Wildman–Crippen LogP) is 2.24. The maximum absolute atomic E-state index is 10.9. The molecule has 0 saturated carbocycles. The average molecular weight is 136 g/mol. The first kappa shape index (κ1) is 7.26. The highest BCUT2D eigenvalue weighted by Gasteiger charge is 1.95. The van der Waals surface area contributed by atoms with Crippen molar-refractivity contribution >= 4 is 5.78 Å². The van der Waals surface area contributed by atoms with Gasteiger partial charge in [0, 0.05) is 6.42 Å². The molecule has 1 nitrogen and oxygen atoms in total. The number of rotatable bonds is 0. The van der Waals surface area contributed by atoms with Crippen molar-refractivity contribution in [2.45, 2.75) is 25.7 Å². The van der Waals surface area contributed by atoms with Crippen LogP contribution in [0, 0.1) is 0 Å². The third-order valence-corrected chi connectivity index (χ3v) is 1.57. The molecule has 0 unspecified atom stereocenters. The third kappa shape index (κ3) is 2.62. The minimum Gasteiger partial charge on any atom is -0.295 e. The molecular weight excluding hydrogens is 124 g/mol. The fraction of sp³-hybridized carbons (Fsp3) is 0.444. The van der Waals surface area contributed by atoms with Gasteiger partial charge in [0.05, 0.1) is 0 Å². The fourth-order valence-electron chi connectivity index (χ4n) is 0.982. The Bertz CT molecular complexity index is 166. The average Bonchev–Trinajstić information content (AvgIpc) is 2.02. The second kappa shape index (κ2) is 4.04. The Morgan fingerprint density at radius 2 is 2.10 bits per heavy atom. The molecule has 0 heterocycles. The van der Waals surface area contributed by atoms with Gasteiger partial charge in [0.1, 0.15) is 0 Å². The normalized spacial score (nSPS) is 26.2. The van der Waals surface area contributed by atoms with Crippen molar-refractivity contribution in [3.63, 3.8) is 0 Å². The van der Waals surface area contributed by atoms with Gasteiger partial charge in [-0.05, 0) is 25.3 Å². The molecule has 1 heteroatoms. The number of carbonyl (C=O) groups excluding carboxylic acids is 1. The van der Waals surface area contributed by atoms with E-state index in [1.165, 1.54) is 0 Å². The summed E-state index contributed by atoms with van der Waals surface area (Å²) in [6.07, 6.45) is 11.5. The van der Waals surface area contributed by atoms with Crippen molar-refractivity contribution in [1.29, 1.82) is 0 Å². The van der Waals surface area contributed by atoms with Crippen LogP contribution in [0.1, 0.15) is 25.7 Å².